The van der Waals surface area contributed by atoms with Crippen LogP contribution in [-0.4, -0.2) is 55.1 Å². The molecule has 1 aromatic heterocycles. The number of allylic oxidation sites excluding steroid dienone is 1. The Kier molecular flexibility index (Phi) is 6.30. The second-order valence-electron chi connectivity index (χ2n) is 8.43. The maximum Gasteiger partial charge on any atom is 0.246 e. The van der Waals surface area contributed by atoms with Gasteiger partial charge in [-0.05, 0) is 73.6 Å². The number of likely N-dealkylation sites (tertiary alicyclic amines) is 1. The molecule has 2 heterocycles. The molecular weight excluding hydrogens is 374 g/mol. The van der Waals surface area contributed by atoms with Crippen LogP contribution in [0.1, 0.15) is 54.0 Å². The molecule has 30 heavy (non-hydrogen) atoms. The average Bonchev–Trinajstić information content (AvgIpc) is 2.92. The largest absolute Gasteiger partial charge is 0.306 e. The van der Waals surface area contributed by atoms with E-state index in [0.717, 1.165) is 18.8 Å². The van der Waals surface area contributed by atoms with Gasteiger partial charge in [0, 0.05) is 25.6 Å². The van der Waals surface area contributed by atoms with E-state index in [1.54, 1.807) is 7.05 Å². The molecule has 1 amide bonds. The van der Waals surface area contributed by atoms with E-state index in [1.807, 2.05) is 12.3 Å². The minimum absolute atomic E-state index is 0.0201. The summed E-state index contributed by atoms with van der Waals surface area (Å²) in [6, 6.07) is 12.9. The van der Waals surface area contributed by atoms with E-state index in [4.69, 9.17) is 9.82 Å². The van der Waals surface area contributed by atoms with Crippen molar-refractivity contribution in [1.82, 2.24) is 14.9 Å². The highest BCUT2D eigenvalue weighted by Crippen LogP contribution is 2.44. The molecule has 158 valence electrons. The molecule has 5 nitrogen and oxygen atoms in total. The molecule has 4 rings (SSSR count). The summed E-state index contributed by atoms with van der Waals surface area (Å²) in [5.74, 6) is 0.843. The number of fused-ring (bicyclic) bond motifs is 2. The van der Waals surface area contributed by atoms with Crippen LogP contribution in [0.3, 0.4) is 0 Å². The first-order valence-electron chi connectivity index (χ1n) is 10.8. The lowest BCUT2D eigenvalue weighted by Crippen LogP contribution is -2.33. The summed E-state index contributed by atoms with van der Waals surface area (Å²) >= 11 is 0. The molecule has 1 saturated heterocycles. The van der Waals surface area contributed by atoms with Gasteiger partial charge < -0.3 is 4.90 Å². The summed E-state index contributed by atoms with van der Waals surface area (Å²) in [5, 5.41) is 1.30. The summed E-state index contributed by atoms with van der Waals surface area (Å²) in [6.07, 6.45) is 7.61. The van der Waals surface area contributed by atoms with E-state index in [0.29, 0.717) is 18.8 Å². The number of benzene rings is 1. The summed E-state index contributed by atoms with van der Waals surface area (Å²) in [7, 11) is 5.38. The van der Waals surface area contributed by atoms with E-state index in [9.17, 15) is 4.79 Å². The SMILES string of the molecule is CON(C)C(=O)CCC1=Cc2ccccc2C(C2CCN(C)CC2)c2ncccc21. The summed E-state index contributed by atoms with van der Waals surface area (Å²) < 4.78 is 0. The summed E-state index contributed by atoms with van der Waals surface area (Å²) in [4.78, 5) is 24.7. The van der Waals surface area contributed by atoms with Gasteiger partial charge in [-0.1, -0.05) is 36.4 Å². The fourth-order valence-electron chi connectivity index (χ4n) is 4.82. The number of nitrogens with zero attached hydrogens (tertiary/aromatic N) is 3. The molecule has 1 unspecified atom stereocenters. The van der Waals surface area contributed by atoms with Gasteiger partial charge in [-0.15, -0.1) is 0 Å². The van der Waals surface area contributed by atoms with Crippen molar-refractivity contribution in [2.45, 2.75) is 31.6 Å². The summed E-state index contributed by atoms with van der Waals surface area (Å²) in [6.45, 7) is 2.26. The van der Waals surface area contributed by atoms with Crippen LogP contribution >= 0.6 is 0 Å². The number of aromatic nitrogens is 1. The first-order valence-corrected chi connectivity index (χ1v) is 10.8. The molecule has 0 bridgehead atoms. The van der Waals surface area contributed by atoms with Crippen LogP contribution in [0, 0.1) is 5.92 Å². The molecule has 1 atom stereocenters. The first-order chi connectivity index (χ1) is 14.6. The van der Waals surface area contributed by atoms with E-state index in [1.165, 1.54) is 47.3 Å². The third kappa shape index (κ3) is 4.18. The predicted molar refractivity (Wildman–Crippen MR) is 120 cm³/mol. The molecule has 0 spiro atoms. The molecular formula is C25H31N3O2. The zero-order valence-corrected chi connectivity index (χ0v) is 18.2. The van der Waals surface area contributed by atoms with Crippen LogP contribution in [0.4, 0.5) is 0 Å². The van der Waals surface area contributed by atoms with Crippen molar-refractivity contribution < 1.29 is 9.63 Å². The van der Waals surface area contributed by atoms with Crippen molar-refractivity contribution in [3.8, 4) is 0 Å². The van der Waals surface area contributed by atoms with Crippen molar-refractivity contribution in [2.75, 3.05) is 34.3 Å². The molecule has 1 fully saturated rings. The highest BCUT2D eigenvalue weighted by molar-refractivity contribution is 5.87. The zero-order valence-electron chi connectivity index (χ0n) is 18.2. The Labute approximate surface area is 179 Å². The van der Waals surface area contributed by atoms with E-state index in [2.05, 4.69) is 48.4 Å². The topological polar surface area (TPSA) is 45.7 Å². The van der Waals surface area contributed by atoms with Gasteiger partial charge in [-0.3, -0.25) is 14.6 Å². The maximum atomic E-state index is 12.4. The zero-order chi connectivity index (χ0) is 21.1. The van der Waals surface area contributed by atoms with Gasteiger partial charge in [-0.25, -0.2) is 5.06 Å². The monoisotopic (exact) mass is 405 g/mol. The Morgan fingerprint density at radius 1 is 1.20 bits per heavy atom. The van der Waals surface area contributed by atoms with Gasteiger partial charge in [-0.2, -0.15) is 0 Å². The highest BCUT2D eigenvalue weighted by Gasteiger charge is 2.33. The lowest BCUT2D eigenvalue weighted by Gasteiger charge is -2.35. The Bertz CT molecular complexity index is 931. The van der Waals surface area contributed by atoms with Crippen LogP contribution in [0.2, 0.25) is 0 Å². The Morgan fingerprint density at radius 3 is 2.73 bits per heavy atom. The van der Waals surface area contributed by atoms with E-state index in [-0.39, 0.29) is 11.8 Å². The standard InChI is InChI=1S/C25H31N3O2/c1-27-15-12-18(13-16-27)24-21-8-5-4-7-19(21)17-20(10-11-23(29)28(2)30-3)22-9-6-14-26-25(22)24/h4-9,14,17-18,24H,10-13,15-16H2,1-3H3. The molecule has 1 aliphatic carbocycles. The lowest BCUT2D eigenvalue weighted by atomic mass is 9.76. The minimum atomic E-state index is -0.0201. The molecule has 2 aliphatic rings. The van der Waals surface area contributed by atoms with Crippen LogP contribution < -0.4 is 0 Å². The van der Waals surface area contributed by atoms with Crippen LogP contribution in [-0.2, 0) is 9.63 Å². The second-order valence-corrected chi connectivity index (χ2v) is 8.43. The molecule has 1 aliphatic heterocycles. The Morgan fingerprint density at radius 2 is 1.97 bits per heavy atom. The van der Waals surface area contributed by atoms with Gasteiger partial charge in [0.05, 0.1) is 12.8 Å². The van der Waals surface area contributed by atoms with Crippen molar-refractivity contribution in [3.05, 3.63) is 65.0 Å². The molecule has 5 heteroatoms. The molecule has 2 aromatic rings. The van der Waals surface area contributed by atoms with Crippen molar-refractivity contribution in [2.24, 2.45) is 5.92 Å². The fourth-order valence-corrected chi connectivity index (χ4v) is 4.82. The fraction of sp³-hybridized carbons (Fsp3) is 0.440. The second kappa shape index (κ2) is 9.11. The number of hydrogen-bond acceptors (Lipinski definition) is 4. The van der Waals surface area contributed by atoms with E-state index >= 15 is 0 Å². The first kappa shape index (κ1) is 20.8. The number of carbonyl (C=O) groups is 1. The predicted octanol–water partition coefficient (Wildman–Crippen LogP) is 4.21. The maximum absolute atomic E-state index is 12.4. The van der Waals surface area contributed by atoms with Gasteiger partial charge in [0.2, 0.25) is 5.91 Å². The molecule has 0 N–H and O–H groups in total. The van der Waals surface area contributed by atoms with Gasteiger partial charge >= 0.3 is 0 Å². The number of hydroxylamine groups is 2. The third-order valence-corrected chi connectivity index (χ3v) is 6.61. The highest BCUT2D eigenvalue weighted by atomic mass is 16.7. The number of hydrogen-bond donors (Lipinski definition) is 0. The molecule has 0 saturated carbocycles. The number of carbonyl (C=O) groups excluding carboxylic acids is 1. The molecule has 1 aromatic carbocycles. The van der Waals surface area contributed by atoms with E-state index < -0.39 is 0 Å². The van der Waals surface area contributed by atoms with Gasteiger partial charge in [0.1, 0.15) is 0 Å². The van der Waals surface area contributed by atoms with Crippen molar-refractivity contribution in [1.29, 1.82) is 0 Å². The number of piperidine rings is 1. The van der Waals surface area contributed by atoms with Crippen LogP contribution in [0.15, 0.2) is 42.6 Å². The minimum Gasteiger partial charge on any atom is -0.306 e. The Hall–Kier alpha value is -2.50. The lowest BCUT2D eigenvalue weighted by molar-refractivity contribution is -0.168. The average molecular weight is 406 g/mol. The quantitative estimate of drug-likeness (QED) is 0.699. The van der Waals surface area contributed by atoms with Crippen molar-refractivity contribution in [3.63, 3.8) is 0 Å². The number of amides is 1. The van der Waals surface area contributed by atoms with Crippen LogP contribution in [0.5, 0.6) is 0 Å². The smallest absolute Gasteiger partial charge is 0.246 e. The number of rotatable bonds is 5. The number of pyridine rings is 1. The third-order valence-electron chi connectivity index (χ3n) is 6.61. The van der Waals surface area contributed by atoms with Crippen LogP contribution in [0.25, 0.3) is 11.6 Å². The molecule has 0 radical (unpaired) electrons. The van der Waals surface area contributed by atoms with Crippen molar-refractivity contribution >= 4 is 17.6 Å². The normalized spacial score (nSPS) is 19.4. The van der Waals surface area contributed by atoms with Gasteiger partial charge in [0.25, 0.3) is 0 Å². The summed E-state index contributed by atoms with van der Waals surface area (Å²) in [5.41, 5.74) is 6.14. The van der Waals surface area contributed by atoms with Gasteiger partial charge in [0.15, 0.2) is 0 Å². The Balaban J connectivity index is 1.74.